The summed E-state index contributed by atoms with van der Waals surface area (Å²) in [6.07, 6.45) is 2.66. The number of para-hydroxylation sites is 1. The van der Waals surface area contributed by atoms with Gasteiger partial charge in [-0.05, 0) is 39.0 Å². The molecule has 0 aliphatic heterocycles. The maximum Gasteiger partial charge on any atom is 0.361 e. The molecule has 0 radical (unpaired) electrons. The highest BCUT2D eigenvalue weighted by Gasteiger charge is 2.24. The van der Waals surface area contributed by atoms with Crippen molar-refractivity contribution in [2.24, 2.45) is 7.05 Å². The number of carbonyl (C=O) groups is 2. The molecule has 2 N–H and O–H groups in total. The molecule has 0 saturated carbocycles. The van der Waals surface area contributed by atoms with Crippen molar-refractivity contribution in [3.63, 3.8) is 0 Å². The molecule has 4 rings (SSSR count). The van der Waals surface area contributed by atoms with Crippen LogP contribution in [0.15, 0.2) is 53.6 Å². The normalized spacial score (nSPS) is 10.9. The third kappa shape index (κ3) is 3.79. The van der Waals surface area contributed by atoms with E-state index in [1.54, 1.807) is 26.9 Å². The minimum atomic E-state index is -0.836. The molecule has 0 fully saturated rings. The molecule has 3 aromatic heterocycles. The average molecular weight is 460 g/mol. The summed E-state index contributed by atoms with van der Waals surface area (Å²) < 4.78 is 10.2. The molecule has 3 heterocycles. The number of anilines is 1. The van der Waals surface area contributed by atoms with Gasteiger partial charge in [0.2, 0.25) is 5.78 Å². The zero-order valence-electron chi connectivity index (χ0n) is 19.3. The summed E-state index contributed by atoms with van der Waals surface area (Å²) in [5.41, 5.74) is 8.83. The highest BCUT2D eigenvalue weighted by molar-refractivity contribution is 6.01. The number of carbonyl (C=O) groups excluding carboxylic acids is 2. The molecule has 10 heteroatoms. The minimum absolute atomic E-state index is 0.0765. The van der Waals surface area contributed by atoms with E-state index in [0.29, 0.717) is 22.6 Å². The van der Waals surface area contributed by atoms with Crippen LogP contribution in [-0.4, -0.2) is 42.3 Å². The molecule has 0 bridgehead atoms. The van der Waals surface area contributed by atoms with Gasteiger partial charge in [0.15, 0.2) is 18.1 Å². The Kier molecular flexibility index (Phi) is 5.89. The summed E-state index contributed by atoms with van der Waals surface area (Å²) in [6, 6.07) is 11.0. The van der Waals surface area contributed by atoms with Crippen molar-refractivity contribution < 1.29 is 14.3 Å². The predicted octanol–water partition coefficient (Wildman–Crippen LogP) is 2.30. The molecule has 4 aromatic rings. The van der Waals surface area contributed by atoms with Crippen molar-refractivity contribution in [2.45, 2.75) is 20.8 Å². The number of nitrogens with two attached hydrogens (primary N) is 1. The lowest BCUT2D eigenvalue weighted by Crippen LogP contribution is -2.22. The van der Waals surface area contributed by atoms with Gasteiger partial charge in [0.05, 0.1) is 11.4 Å². The van der Waals surface area contributed by atoms with E-state index >= 15 is 0 Å². The number of rotatable bonds is 6. The van der Waals surface area contributed by atoms with E-state index in [2.05, 4.69) is 9.97 Å². The fourth-order valence-electron chi connectivity index (χ4n) is 3.98. The Morgan fingerprint density at radius 3 is 2.38 bits per heavy atom. The lowest BCUT2D eigenvalue weighted by molar-refractivity contribution is 0.0469. The standard InChI is InChI=1S/C24H24N6O4/c1-14-12-18(19(31)13-34-24(33)20-22(25)27-11-10-26-20)15(2)29(14)21-16(3)28(4)30(23(21)32)17-8-6-5-7-9-17/h5-12H,13H2,1-4H3,(H2,25,27). The van der Waals surface area contributed by atoms with Crippen molar-refractivity contribution in [1.82, 2.24) is 23.9 Å². The maximum absolute atomic E-state index is 13.4. The molecule has 0 saturated heterocycles. The van der Waals surface area contributed by atoms with Gasteiger partial charge in [-0.3, -0.25) is 14.3 Å². The van der Waals surface area contributed by atoms with Crippen LogP contribution in [0.1, 0.15) is 37.9 Å². The van der Waals surface area contributed by atoms with Crippen molar-refractivity contribution in [1.29, 1.82) is 0 Å². The summed E-state index contributed by atoms with van der Waals surface area (Å²) in [5.74, 6) is -1.32. The summed E-state index contributed by atoms with van der Waals surface area (Å²) in [6.45, 7) is 4.92. The van der Waals surface area contributed by atoms with Gasteiger partial charge >= 0.3 is 5.97 Å². The number of esters is 1. The average Bonchev–Trinajstić information content (AvgIpc) is 3.23. The van der Waals surface area contributed by atoms with E-state index in [4.69, 9.17) is 10.5 Å². The van der Waals surface area contributed by atoms with Crippen molar-refractivity contribution >= 4 is 17.6 Å². The zero-order chi connectivity index (χ0) is 24.6. The number of nitrogens with zero attached hydrogens (tertiary/aromatic N) is 5. The number of hydrogen-bond donors (Lipinski definition) is 1. The van der Waals surface area contributed by atoms with Crippen LogP contribution in [0.25, 0.3) is 11.4 Å². The van der Waals surface area contributed by atoms with Crippen molar-refractivity contribution in [3.05, 3.63) is 87.5 Å². The maximum atomic E-state index is 13.4. The zero-order valence-corrected chi connectivity index (χ0v) is 19.3. The second kappa shape index (κ2) is 8.81. The van der Waals surface area contributed by atoms with Gasteiger partial charge in [-0.15, -0.1) is 0 Å². The number of aromatic nitrogens is 5. The second-order valence-electron chi connectivity index (χ2n) is 7.82. The lowest BCUT2D eigenvalue weighted by atomic mass is 10.1. The van der Waals surface area contributed by atoms with Crippen LogP contribution >= 0.6 is 0 Å². The van der Waals surface area contributed by atoms with Crippen LogP contribution in [0.5, 0.6) is 0 Å². The van der Waals surface area contributed by atoms with E-state index in [-0.39, 0.29) is 17.1 Å². The van der Waals surface area contributed by atoms with E-state index in [0.717, 1.165) is 11.4 Å². The van der Waals surface area contributed by atoms with Crippen LogP contribution < -0.4 is 11.3 Å². The molecule has 10 nitrogen and oxygen atoms in total. The number of hydrogen-bond acceptors (Lipinski definition) is 7. The Morgan fingerprint density at radius 2 is 1.71 bits per heavy atom. The molecule has 34 heavy (non-hydrogen) atoms. The molecule has 0 unspecified atom stereocenters. The molecule has 0 aliphatic carbocycles. The van der Waals surface area contributed by atoms with Gasteiger partial charge < -0.3 is 15.0 Å². The number of nitrogen functional groups attached to an aromatic ring is 1. The molecule has 0 aliphatic rings. The van der Waals surface area contributed by atoms with Gasteiger partial charge in [-0.2, -0.15) is 0 Å². The first kappa shape index (κ1) is 22.7. The molecule has 1 aromatic carbocycles. The minimum Gasteiger partial charge on any atom is -0.452 e. The van der Waals surface area contributed by atoms with Gasteiger partial charge in [0, 0.05) is 36.4 Å². The van der Waals surface area contributed by atoms with Crippen LogP contribution in [0.3, 0.4) is 0 Å². The van der Waals surface area contributed by atoms with E-state index < -0.39 is 18.4 Å². The number of Topliss-reactive ketones (excluding diaryl/α,β-unsaturated/α-hetero) is 1. The Labute approximate surface area is 195 Å². The largest absolute Gasteiger partial charge is 0.452 e. The number of benzene rings is 1. The summed E-state index contributed by atoms with van der Waals surface area (Å²) in [4.78, 5) is 46.2. The van der Waals surface area contributed by atoms with Crippen LogP contribution in [0, 0.1) is 20.8 Å². The van der Waals surface area contributed by atoms with E-state index in [1.807, 2.05) is 51.2 Å². The number of ketones is 1. The molecular formula is C24H24N6O4. The van der Waals surface area contributed by atoms with E-state index in [9.17, 15) is 14.4 Å². The third-order valence-corrected chi connectivity index (χ3v) is 5.73. The fourth-order valence-corrected chi connectivity index (χ4v) is 3.98. The van der Waals surface area contributed by atoms with E-state index in [1.165, 1.54) is 12.4 Å². The first-order valence-electron chi connectivity index (χ1n) is 10.5. The summed E-state index contributed by atoms with van der Waals surface area (Å²) in [5, 5.41) is 0. The Bertz CT molecular complexity index is 1460. The van der Waals surface area contributed by atoms with Crippen molar-refractivity contribution in [2.75, 3.05) is 12.3 Å². The first-order chi connectivity index (χ1) is 16.2. The van der Waals surface area contributed by atoms with Crippen LogP contribution in [0.4, 0.5) is 5.82 Å². The first-order valence-corrected chi connectivity index (χ1v) is 10.5. The number of ether oxygens (including phenoxy) is 1. The highest BCUT2D eigenvalue weighted by atomic mass is 16.5. The molecule has 0 atom stereocenters. The predicted molar refractivity (Wildman–Crippen MR) is 126 cm³/mol. The topological polar surface area (TPSA) is 127 Å². The van der Waals surface area contributed by atoms with Gasteiger partial charge in [0.25, 0.3) is 5.56 Å². The van der Waals surface area contributed by atoms with Crippen LogP contribution in [-0.2, 0) is 11.8 Å². The monoisotopic (exact) mass is 460 g/mol. The van der Waals surface area contributed by atoms with Crippen LogP contribution in [0.2, 0.25) is 0 Å². The highest BCUT2D eigenvalue weighted by Crippen LogP contribution is 2.23. The SMILES string of the molecule is Cc1cc(C(=O)COC(=O)c2nccnc2N)c(C)n1-c1c(C)n(C)n(-c2ccccc2)c1=O. The summed E-state index contributed by atoms with van der Waals surface area (Å²) in [7, 11) is 1.81. The fraction of sp³-hybridized carbons (Fsp3) is 0.208. The van der Waals surface area contributed by atoms with Gasteiger partial charge in [-0.25, -0.2) is 19.4 Å². The number of aryl methyl sites for hydroxylation is 1. The van der Waals surface area contributed by atoms with Gasteiger partial charge in [0.1, 0.15) is 5.69 Å². The Hall–Kier alpha value is -4.47. The smallest absolute Gasteiger partial charge is 0.361 e. The molecule has 0 amide bonds. The van der Waals surface area contributed by atoms with Gasteiger partial charge in [-0.1, -0.05) is 18.2 Å². The molecule has 174 valence electrons. The summed E-state index contributed by atoms with van der Waals surface area (Å²) >= 11 is 0. The lowest BCUT2D eigenvalue weighted by Gasteiger charge is -2.09. The quantitative estimate of drug-likeness (QED) is 0.345. The Morgan fingerprint density at radius 1 is 1.03 bits per heavy atom. The van der Waals surface area contributed by atoms with Crippen molar-refractivity contribution in [3.8, 4) is 11.4 Å². The Balaban J connectivity index is 1.66. The second-order valence-corrected chi connectivity index (χ2v) is 7.82. The third-order valence-electron chi connectivity index (χ3n) is 5.73. The molecule has 0 spiro atoms. The molecular weight excluding hydrogens is 436 g/mol.